The van der Waals surface area contributed by atoms with Crippen molar-refractivity contribution in [3.05, 3.63) is 53.2 Å². The Balaban J connectivity index is 1.65. The van der Waals surface area contributed by atoms with Gasteiger partial charge < -0.3 is 15.1 Å². The Morgan fingerprint density at radius 2 is 2.12 bits per heavy atom. The van der Waals surface area contributed by atoms with Crippen molar-refractivity contribution < 1.29 is 4.79 Å². The van der Waals surface area contributed by atoms with Gasteiger partial charge in [-0.25, -0.2) is 9.78 Å². The Morgan fingerprint density at radius 1 is 1.29 bits per heavy atom. The fourth-order valence-corrected chi connectivity index (χ4v) is 3.22. The van der Waals surface area contributed by atoms with Gasteiger partial charge in [0.05, 0.1) is 5.02 Å². The van der Waals surface area contributed by atoms with Crippen LogP contribution in [0.25, 0.3) is 0 Å². The number of urea groups is 1. The highest BCUT2D eigenvalue weighted by molar-refractivity contribution is 6.32. The van der Waals surface area contributed by atoms with Gasteiger partial charge in [0.2, 0.25) is 0 Å². The summed E-state index contributed by atoms with van der Waals surface area (Å²) in [5.41, 5.74) is 1.94. The number of pyridine rings is 1. The van der Waals surface area contributed by atoms with Gasteiger partial charge in [-0.1, -0.05) is 23.7 Å². The molecule has 0 aliphatic carbocycles. The van der Waals surface area contributed by atoms with Crippen LogP contribution in [0.5, 0.6) is 0 Å². The maximum absolute atomic E-state index is 12.6. The van der Waals surface area contributed by atoms with Crippen LogP contribution in [0, 0.1) is 6.92 Å². The number of amides is 2. The van der Waals surface area contributed by atoms with Crippen LogP contribution < -0.4 is 10.2 Å². The van der Waals surface area contributed by atoms with E-state index in [0.717, 1.165) is 17.1 Å². The first-order chi connectivity index (χ1) is 11.5. The summed E-state index contributed by atoms with van der Waals surface area (Å²) in [6.07, 6.45) is 1.74. The minimum Gasteiger partial charge on any atom is -0.352 e. The Kier molecular flexibility index (Phi) is 4.90. The molecule has 0 spiro atoms. The van der Waals surface area contributed by atoms with Crippen LogP contribution in [0.2, 0.25) is 5.02 Å². The zero-order chi connectivity index (χ0) is 17.1. The number of rotatable bonds is 2. The lowest BCUT2D eigenvalue weighted by Crippen LogP contribution is -2.55. The molecule has 1 aliphatic heterocycles. The molecule has 2 heterocycles. The van der Waals surface area contributed by atoms with E-state index >= 15 is 0 Å². The molecule has 1 fully saturated rings. The Hall–Kier alpha value is -2.27. The maximum atomic E-state index is 12.6. The number of hydrogen-bond acceptors (Lipinski definition) is 3. The number of aromatic nitrogens is 1. The SMILES string of the molecule is Cc1cccc(NC(=O)N2CCN(c3ncccc3Cl)C[C@H]2C)c1. The zero-order valence-electron chi connectivity index (χ0n) is 13.9. The van der Waals surface area contributed by atoms with E-state index < -0.39 is 0 Å². The quantitative estimate of drug-likeness (QED) is 0.901. The number of anilines is 2. The number of carbonyl (C=O) groups is 1. The largest absolute Gasteiger partial charge is 0.352 e. The predicted molar refractivity (Wildman–Crippen MR) is 97.8 cm³/mol. The Labute approximate surface area is 147 Å². The lowest BCUT2D eigenvalue weighted by Gasteiger charge is -2.40. The summed E-state index contributed by atoms with van der Waals surface area (Å²) in [6.45, 7) is 6.10. The van der Waals surface area contributed by atoms with Crippen molar-refractivity contribution >= 4 is 29.1 Å². The third kappa shape index (κ3) is 3.62. The van der Waals surface area contributed by atoms with Gasteiger partial charge in [-0.15, -0.1) is 0 Å². The number of nitrogens with zero attached hydrogens (tertiary/aromatic N) is 3. The van der Waals surface area contributed by atoms with Crippen LogP contribution in [-0.2, 0) is 0 Å². The summed E-state index contributed by atoms with van der Waals surface area (Å²) in [4.78, 5) is 20.9. The zero-order valence-corrected chi connectivity index (χ0v) is 14.6. The molecule has 5 nitrogen and oxygen atoms in total. The molecule has 0 radical (unpaired) electrons. The predicted octanol–water partition coefficient (Wildman–Crippen LogP) is 3.79. The average molecular weight is 345 g/mol. The first-order valence-electron chi connectivity index (χ1n) is 8.04. The highest BCUT2D eigenvalue weighted by Crippen LogP contribution is 2.25. The maximum Gasteiger partial charge on any atom is 0.322 e. The van der Waals surface area contributed by atoms with E-state index in [2.05, 4.69) is 15.2 Å². The molecule has 2 amide bonds. The molecular formula is C18H21ClN4O. The number of carbonyl (C=O) groups excluding carboxylic acids is 1. The van der Waals surface area contributed by atoms with E-state index in [1.54, 1.807) is 6.20 Å². The molecule has 3 rings (SSSR count). The molecular weight excluding hydrogens is 324 g/mol. The summed E-state index contributed by atoms with van der Waals surface area (Å²) in [5.74, 6) is 0.782. The molecule has 1 aromatic heterocycles. The van der Waals surface area contributed by atoms with Crippen LogP contribution in [0.15, 0.2) is 42.6 Å². The summed E-state index contributed by atoms with van der Waals surface area (Å²) in [6, 6.07) is 11.5. The second kappa shape index (κ2) is 7.09. The van der Waals surface area contributed by atoms with E-state index in [9.17, 15) is 4.79 Å². The van der Waals surface area contributed by atoms with Gasteiger partial charge in [0.15, 0.2) is 0 Å². The second-order valence-corrected chi connectivity index (χ2v) is 6.50. The molecule has 1 aliphatic rings. The Morgan fingerprint density at radius 3 is 2.83 bits per heavy atom. The molecule has 1 atom stereocenters. The molecule has 1 aromatic carbocycles. The minimum absolute atomic E-state index is 0.0696. The second-order valence-electron chi connectivity index (χ2n) is 6.10. The summed E-state index contributed by atoms with van der Waals surface area (Å²) in [5, 5.41) is 3.62. The van der Waals surface area contributed by atoms with Crippen molar-refractivity contribution in [1.82, 2.24) is 9.88 Å². The topological polar surface area (TPSA) is 48.5 Å². The molecule has 1 N–H and O–H groups in total. The number of piperazine rings is 1. The van der Waals surface area contributed by atoms with E-state index in [1.807, 2.05) is 55.1 Å². The van der Waals surface area contributed by atoms with Crippen LogP contribution >= 0.6 is 11.6 Å². The first kappa shape index (κ1) is 16.6. The molecule has 0 saturated carbocycles. The summed E-state index contributed by atoms with van der Waals surface area (Å²) >= 11 is 6.23. The van der Waals surface area contributed by atoms with Gasteiger partial charge in [-0.2, -0.15) is 0 Å². The van der Waals surface area contributed by atoms with Gasteiger partial charge in [0.25, 0.3) is 0 Å². The molecule has 2 aromatic rings. The van der Waals surface area contributed by atoms with Gasteiger partial charge in [0.1, 0.15) is 5.82 Å². The summed E-state index contributed by atoms with van der Waals surface area (Å²) < 4.78 is 0. The van der Waals surface area contributed by atoms with Crippen molar-refractivity contribution in [3.63, 3.8) is 0 Å². The third-order valence-corrected chi connectivity index (χ3v) is 4.49. The first-order valence-corrected chi connectivity index (χ1v) is 8.42. The van der Waals surface area contributed by atoms with E-state index in [4.69, 9.17) is 11.6 Å². The van der Waals surface area contributed by atoms with Crippen LogP contribution in [-0.4, -0.2) is 41.6 Å². The van der Waals surface area contributed by atoms with Crippen LogP contribution in [0.1, 0.15) is 12.5 Å². The monoisotopic (exact) mass is 344 g/mol. The van der Waals surface area contributed by atoms with Crippen LogP contribution in [0.3, 0.4) is 0 Å². The highest BCUT2D eigenvalue weighted by Gasteiger charge is 2.28. The van der Waals surface area contributed by atoms with Crippen LogP contribution in [0.4, 0.5) is 16.3 Å². The number of benzene rings is 1. The standard InChI is InChI=1S/C18H21ClN4O/c1-13-5-3-6-15(11-13)21-18(24)23-10-9-22(12-14(23)2)17-16(19)7-4-8-20-17/h3-8,11,14H,9-10,12H2,1-2H3,(H,21,24)/t14-/m1/s1. The van der Waals surface area contributed by atoms with Crippen molar-refractivity contribution in [2.45, 2.75) is 19.9 Å². The van der Waals surface area contributed by atoms with E-state index in [0.29, 0.717) is 24.7 Å². The Bertz CT molecular complexity index is 736. The van der Waals surface area contributed by atoms with Crippen molar-refractivity contribution in [2.24, 2.45) is 0 Å². The third-order valence-electron chi connectivity index (χ3n) is 4.20. The van der Waals surface area contributed by atoms with E-state index in [-0.39, 0.29) is 12.1 Å². The van der Waals surface area contributed by atoms with Gasteiger partial charge in [-0.3, -0.25) is 0 Å². The number of nitrogens with one attached hydrogen (secondary N) is 1. The van der Waals surface area contributed by atoms with Gasteiger partial charge in [-0.05, 0) is 43.7 Å². The van der Waals surface area contributed by atoms with Gasteiger partial charge >= 0.3 is 6.03 Å². The van der Waals surface area contributed by atoms with Crippen molar-refractivity contribution in [3.8, 4) is 0 Å². The lowest BCUT2D eigenvalue weighted by molar-refractivity contribution is 0.184. The number of hydrogen-bond donors (Lipinski definition) is 1. The lowest BCUT2D eigenvalue weighted by atomic mass is 10.2. The molecule has 6 heteroatoms. The van der Waals surface area contributed by atoms with Crippen molar-refractivity contribution in [2.75, 3.05) is 29.9 Å². The number of halogens is 1. The molecule has 0 bridgehead atoms. The molecule has 24 heavy (non-hydrogen) atoms. The smallest absolute Gasteiger partial charge is 0.322 e. The fraction of sp³-hybridized carbons (Fsp3) is 0.333. The van der Waals surface area contributed by atoms with Crippen molar-refractivity contribution in [1.29, 1.82) is 0 Å². The summed E-state index contributed by atoms with van der Waals surface area (Å²) in [7, 11) is 0. The minimum atomic E-state index is -0.0696. The molecule has 0 unspecified atom stereocenters. The molecule has 126 valence electrons. The van der Waals surface area contributed by atoms with E-state index in [1.165, 1.54) is 0 Å². The number of aryl methyl sites for hydroxylation is 1. The highest BCUT2D eigenvalue weighted by atomic mass is 35.5. The van der Waals surface area contributed by atoms with Gasteiger partial charge in [0, 0.05) is 37.6 Å². The average Bonchev–Trinajstić information content (AvgIpc) is 2.55. The fourth-order valence-electron chi connectivity index (χ4n) is 2.98. The molecule has 1 saturated heterocycles. The normalized spacial score (nSPS) is 17.7.